The van der Waals surface area contributed by atoms with Gasteiger partial charge in [0, 0.05) is 16.7 Å². The van der Waals surface area contributed by atoms with Gasteiger partial charge in [0.15, 0.2) is 0 Å². The van der Waals surface area contributed by atoms with E-state index in [1.54, 1.807) is 0 Å². The Balaban J connectivity index is 1.76. The molecule has 0 unspecified atom stereocenters. The van der Waals surface area contributed by atoms with E-state index in [1.807, 2.05) is 36.4 Å². The minimum Gasteiger partial charge on any atom is -0.594 e. The van der Waals surface area contributed by atoms with Gasteiger partial charge in [-0.3, -0.25) is 0 Å². The zero-order valence-corrected chi connectivity index (χ0v) is 13.7. The molecule has 2 aliphatic rings. The van der Waals surface area contributed by atoms with Crippen molar-refractivity contribution >= 4 is 11.4 Å². The fraction of sp³-hybridized carbons (Fsp3) is 0.400. The van der Waals surface area contributed by atoms with Gasteiger partial charge in [-0.2, -0.15) is 0 Å². The monoisotopic (exact) mass is 306 g/mol. The lowest BCUT2D eigenvalue weighted by atomic mass is 9.96. The van der Waals surface area contributed by atoms with Gasteiger partial charge in [-0.05, 0) is 53.0 Å². The average molecular weight is 306 g/mol. The van der Waals surface area contributed by atoms with E-state index in [1.165, 1.54) is 18.4 Å². The largest absolute Gasteiger partial charge is 0.594 e. The van der Waals surface area contributed by atoms with Crippen LogP contribution in [0.25, 0.3) is 0 Å². The van der Waals surface area contributed by atoms with Crippen LogP contribution in [0, 0.1) is 5.21 Å². The number of nitrogens with zero attached hydrogens (tertiary/aromatic N) is 2. The summed E-state index contributed by atoms with van der Waals surface area (Å²) in [5.74, 6) is 0. The Kier molecular flexibility index (Phi) is 3.09. The highest BCUT2D eigenvalue weighted by Gasteiger charge is 2.43. The van der Waals surface area contributed by atoms with Gasteiger partial charge < -0.3 is 5.21 Å². The molecule has 0 aromatic heterocycles. The molecule has 3 heteroatoms. The van der Waals surface area contributed by atoms with Crippen molar-refractivity contribution in [3.63, 3.8) is 0 Å². The van der Waals surface area contributed by atoms with Gasteiger partial charge in [-0.15, -0.1) is 0 Å². The maximum Gasteiger partial charge on any atom is 0.248 e. The molecule has 0 saturated heterocycles. The van der Waals surface area contributed by atoms with E-state index in [4.69, 9.17) is 0 Å². The summed E-state index contributed by atoms with van der Waals surface area (Å²) >= 11 is 0. The van der Waals surface area contributed by atoms with Gasteiger partial charge in [0.1, 0.15) is 5.69 Å². The Bertz CT molecular complexity index is 786. The molecule has 23 heavy (non-hydrogen) atoms. The third-order valence-electron chi connectivity index (χ3n) is 5.51. The molecule has 2 fully saturated rings. The molecule has 0 N–H and O–H groups in total. The fourth-order valence-corrected chi connectivity index (χ4v) is 3.29. The van der Waals surface area contributed by atoms with Crippen molar-refractivity contribution < 1.29 is 4.86 Å². The predicted octanol–water partition coefficient (Wildman–Crippen LogP) is 5.72. The number of hydrogen-bond acceptors (Lipinski definition) is 2. The average Bonchev–Trinajstić information content (AvgIpc) is 3.48. The van der Waals surface area contributed by atoms with E-state index in [-0.39, 0.29) is 10.8 Å². The first-order chi connectivity index (χ1) is 11.0. The second-order valence-electron chi connectivity index (χ2n) is 7.53. The van der Waals surface area contributed by atoms with E-state index < -0.39 is 0 Å². The molecular weight excluding hydrogens is 284 g/mol. The smallest absolute Gasteiger partial charge is 0.248 e. The number of benzene rings is 2. The third-order valence-corrected chi connectivity index (χ3v) is 5.51. The SMILES string of the molecule is CC1(c2ccccc2N=[N+]([O-])c2ccccc2C2(C)CC2)CC1. The maximum absolute atomic E-state index is 12.8. The van der Waals surface area contributed by atoms with E-state index >= 15 is 0 Å². The highest BCUT2D eigenvalue weighted by Crippen LogP contribution is 2.52. The molecule has 0 radical (unpaired) electrons. The van der Waals surface area contributed by atoms with Crippen LogP contribution >= 0.6 is 0 Å². The summed E-state index contributed by atoms with van der Waals surface area (Å²) in [6, 6.07) is 15.9. The van der Waals surface area contributed by atoms with Crippen molar-refractivity contribution in [3.8, 4) is 0 Å². The molecule has 3 nitrogen and oxygen atoms in total. The van der Waals surface area contributed by atoms with E-state index in [0.29, 0.717) is 5.69 Å². The highest BCUT2D eigenvalue weighted by molar-refractivity contribution is 5.52. The standard InChI is InChI=1S/C20H22N2O/c1-19(11-12-19)15-7-3-5-9-17(15)21-22(23)18-10-6-4-8-16(18)20(2)13-14-20/h3-10H,11-14H2,1-2H3. The molecule has 0 aliphatic heterocycles. The summed E-state index contributed by atoms with van der Waals surface area (Å²) in [6.45, 7) is 4.47. The Hall–Kier alpha value is -2.16. The van der Waals surface area contributed by atoms with Crippen molar-refractivity contribution in [1.82, 2.24) is 0 Å². The number of rotatable bonds is 4. The predicted molar refractivity (Wildman–Crippen MR) is 91.4 cm³/mol. The zero-order valence-electron chi connectivity index (χ0n) is 13.7. The molecule has 2 aromatic rings. The molecule has 0 heterocycles. The van der Waals surface area contributed by atoms with Crippen LogP contribution in [0.4, 0.5) is 11.4 Å². The van der Waals surface area contributed by atoms with Crippen molar-refractivity contribution in [2.45, 2.75) is 50.4 Å². The molecule has 0 amide bonds. The second kappa shape index (κ2) is 4.92. The van der Waals surface area contributed by atoms with Crippen molar-refractivity contribution in [2.75, 3.05) is 0 Å². The maximum atomic E-state index is 12.8. The van der Waals surface area contributed by atoms with Crippen LogP contribution < -0.4 is 0 Å². The van der Waals surface area contributed by atoms with Crippen LogP contribution in [0.5, 0.6) is 0 Å². The quantitative estimate of drug-likeness (QED) is 0.404. The molecule has 0 atom stereocenters. The first-order valence-electron chi connectivity index (χ1n) is 8.40. The Morgan fingerprint density at radius 3 is 2.00 bits per heavy atom. The highest BCUT2D eigenvalue weighted by atomic mass is 16.5. The first-order valence-corrected chi connectivity index (χ1v) is 8.40. The Labute approximate surface area is 137 Å². The van der Waals surface area contributed by atoms with Gasteiger partial charge >= 0.3 is 0 Å². The van der Waals surface area contributed by atoms with Crippen LogP contribution in [-0.2, 0) is 10.8 Å². The van der Waals surface area contributed by atoms with Crippen molar-refractivity contribution in [3.05, 3.63) is 64.9 Å². The summed E-state index contributed by atoms with van der Waals surface area (Å²) in [5, 5.41) is 17.2. The first kappa shape index (κ1) is 14.4. The molecular formula is C20H22N2O. The van der Waals surface area contributed by atoms with E-state index in [2.05, 4.69) is 31.1 Å². The van der Waals surface area contributed by atoms with Crippen LogP contribution in [0.15, 0.2) is 53.6 Å². The molecule has 0 spiro atoms. The summed E-state index contributed by atoms with van der Waals surface area (Å²) in [5.41, 5.74) is 4.14. The van der Waals surface area contributed by atoms with Crippen LogP contribution in [0.2, 0.25) is 0 Å². The molecule has 2 aromatic carbocycles. The van der Waals surface area contributed by atoms with Gasteiger partial charge in [-0.25, -0.2) is 0 Å². The van der Waals surface area contributed by atoms with Crippen molar-refractivity contribution in [1.29, 1.82) is 0 Å². The van der Waals surface area contributed by atoms with Gasteiger partial charge in [0.25, 0.3) is 0 Å². The van der Waals surface area contributed by atoms with Crippen molar-refractivity contribution in [2.24, 2.45) is 5.11 Å². The Morgan fingerprint density at radius 2 is 1.35 bits per heavy atom. The number of azo groups is 1. The Morgan fingerprint density at radius 1 is 0.826 bits per heavy atom. The molecule has 2 saturated carbocycles. The number of para-hydroxylation sites is 1. The van der Waals surface area contributed by atoms with Gasteiger partial charge in [0.05, 0.1) is 0 Å². The summed E-state index contributed by atoms with van der Waals surface area (Å²) in [7, 11) is 0. The van der Waals surface area contributed by atoms with Crippen LogP contribution in [0.1, 0.15) is 50.7 Å². The third kappa shape index (κ3) is 2.54. The van der Waals surface area contributed by atoms with Gasteiger partial charge in [-0.1, -0.05) is 50.2 Å². The lowest BCUT2D eigenvalue weighted by Gasteiger charge is -2.13. The molecule has 4 rings (SSSR count). The van der Waals surface area contributed by atoms with E-state index in [0.717, 1.165) is 29.0 Å². The minimum absolute atomic E-state index is 0.150. The van der Waals surface area contributed by atoms with Crippen LogP contribution in [-0.4, -0.2) is 4.86 Å². The lowest BCUT2D eigenvalue weighted by molar-refractivity contribution is -0.436. The topological polar surface area (TPSA) is 38.4 Å². The van der Waals surface area contributed by atoms with Crippen LogP contribution in [0.3, 0.4) is 0 Å². The summed E-state index contributed by atoms with van der Waals surface area (Å²) in [6.07, 6.45) is 4.64. The summed E-state index contributed by atoms with van der Waals surface area (Å²) < 4.78 is 0. The number of hydrogen-bond donors (Lipinski definition) is 0. The molecule has 0 bridgehead atoms. The fourth-order valence-electron chi connectivity index (χ4n) is 3.29. The second-order valence-corrected chi connectivity index (χ2v) is 7.53. The molecule has 118 valence electrons. The zero-order chi connectivity index (χ0) is 16.1. The normalized spacial score (nSPS) is 21.0. The lowest BCUT2D eigenvalue weighted by Crippen LogP contribution is -2.06. The molecule has 2 aliphatic carbocycles. The van der Waals surface area contributed by atoms with E-state index in [9.17, 15) is 5.21 Å². The minimum atomic E-state index is 0.150. The van der Waals surface area contributed by atoms with Gasteiger partial charge in [0.2, 0.25) is 5.69 Å². The summed E-state index contributed by atoms with van der Waals surface area (Å²) in [4.78, 5) is 0.823.